The minimum Gasteiger partial charge on any atom is -0.508 e. The average Bonchev–Trinajstić information content (AvgIpc) is 2.04. The Morgan fingerprint density at radius 2 is 2.27 bits per heavy atom. The van der Waals surface area contributed by atoms with Gasteiger partial charge in [0.25, 0.3) is 0 Å². The van der Waals surface area contributed by atoms with Gasteiger partial charge in [-0.05, 0) is 24.5 Å². The molecule has 0 aromatic heterocycles. The van der Waals surface area contributed by atoms with E-state index in [1.54, 1.807) is 12.1 Å². The predicted molar refractivity (Wildman–Crippen MR) is 44.6 cm³/mol. The monoisotopic (exact) mass is 165 g/mol. The lowest BCUT2D eigenvalue weighted by Crippen LogP contribution is -1.78. The Balaban J connectivity index is 3.19. The van der Waals surface area contributed by atoms with Crippen LogP contribution in [0.2, 0.25) is 0 Å². The van der Waals surface area contributed by atoms with Gasteiger partial charge in [0.2, 0.25) is 0 Å². The van der Waals surface area contributed by atoms with E-state index in [2.05, 4.69) is 0 Å². The number of nitrogens with zero attached hydrogens (tertiary/aromatic N) is 1. The summed E-state index contributed by atoms with van der Waals surface area (Å²) in [5.74, 6) is 0.138. The highest BCUT2D eigenvalue weighted by molar-refractivity contribution is 7.98. The van der Waals surface area contributed by atoms with Crippen LogP contribution in [0.25, 0.3) is 0 Å². The molecule has 0 heterocycles. The number of hydrogen-bond acceptors (Lipinski definition) is 3. The second kappa shape index (κ2) is 3.31. The molecule has 0 aliphatic heterocycles. The van der Waals surface area contributed by atoms with Crippen molar-refractivity contribution in [2.45, 2.75) is 4.90 Å². The normalized spacial score (nSPS) is 9.09. The van der Waals surface area contributed by atoms with E-state index in [1.165, 1.54) is 17.8 Å². The third kappa shape index (κ3) is 1.66. The molecule has 0 bridgehead atoms. The molecule has 0 aliphatic carbocycles. The standard InChI is InChI=1S/C8H7NOS/c1-11-8-3-2-7(10)4-6(8)5-9/h2-4,10H,1H3. The van der Waals surface area contributed by atoms with Crippen molar-refractivity contribution in [3.05, 3.63) is 23.8 Å². The molecule has 0 atom stereocenters. The maximum absolute atomic E-state index is 9.00. The highest BCUT2D eigenvalue weighted by atomic mass is 32.2. The third-order valence-corrected chi connectivity index (χ3v) is 2.10. The first-order valence-electron chi connectivity index (χ1n) is 3.05. The first-order chi connectivity index (χ1) is 5.27. The Morgan fingerprint density at radius 1 is 1.55 bits per heavy atom. The smallest absolute Gasteiger partial charge is 0.116 e. The van der Waals surface area contributed by atoms with Crippen LogP contribution < -0.4 is 0 Å². The number of aromatic hydroxyl groups is 1. The first-order valence-corrected chi connectivity index (χ1v) is 4.27. The van der Waals surface area contributed by atoms with Crippen molar-refractivity contribution in [3.8, 4) is 11.8 Å². The van der Waals surface area contributed by atoms with E-state index in [-0.39, 0.29) is 5.75 Å². The minimum absolute atomic E-state index is 0.138. The zero-order chi connectivity index (χ0) is 8.27. The molecule has 0 unspecified atom stereocenters. The molecule has 11 heavy (non-hydrogen) atoms. The van der Waals surface area contributed by atoms with E-state index in [4.69, 9.17) is 10.4 Å². The zero-order valence-electron chi connectivity index (χ0n) is 6.03. The van der Waals surface area contributed by atoms with E-state index < -0.39 is 0 Å². The van der Waals surface area contributed by atoms with Gasteiger partial charge in [-0.3, -0.25) is 0 Å². The van der Waals surface area contributed by atoms with Gasteiger partial charge in [-0.25, -0.2) is 0 Å². The van der Waals surface area contributed by atoms with Crippen LogP contribution in [-0.4, -0.2) is 11.4 Å². The molecule has 0 saturated carbocycles. The fourth-order valence-electron chi connectivity index (χ4n) is 0.783. The Bertz CT molecular complexity index is 303. The molecule has 0 saturated heterocycles. The summed E-state index contributed by atoms with van der Waals surface area (Å²) in [6, 6.07) is 6.78. The van der Waals surface area contributed by atoms with E-state index in [9.17, 15) is 0 Å². The molecule has 0 radical (unpaired) electrons. The maximum atomic E-state index is 9.00. The van der Waals surface area contributed by atoms with Crippen LogP contribution in [0.1, 0.15) is 5.56 Å². The molecule has 1 N–H and O–H groups in total. The molecular weight excluding hydrogens is 158 g/mol. The Morgan fingerprint density at radius 3 is 2.82 bits per heavy atom. The van der Waals surface area contributed by atoms with Crippen LogP contribution in [0.5, 0.6) is 5.75 Å². The number of rotatable bonds is 1. The van der Waals surface area contributed by atoms with E-state index in [0.717, 1.165) is 4.90 Å². The molecule has 2 nitrogen and oxygen atoms in total. The number of phenolic OH excluding ortho intramolecular Hbond substituents is 1. The van der Waals surface area contributed by atoms with Crippen LogP contribution in [0.15, 0.2) is 23.1 Å². The van der Waals surface area contributed by atoms with E-state index in [1.807, 2.05) is 12.3 Å². The van der Waals surface area contributed by atoms with Crippen molar-refractivity contribution >= 4 is 11.8 Å². The van der Waals surface area contributed by atoms with Crippen LogP contribution in [0, 0.1) is 11.3 Å². The predicted octanol–water partition coefficient (Wildman–Crippen LogP) is 1.99. The van der Waals surface area contributed by atoms with Crippen molar-refractivity contribution < 1.29 is 5.11 Å². The quantitative estimate of drug-likeness (QED) is 0.647. The van der Waals surface area contributed by atoms with Crippen LogP contribution in [0.4, 0.5) is 0 Å². The maximum Gasteiger partial charge on any atom is 0.116 e. The first kappa shape index (κ1) is 7.96. The molecule has 0 spiro atoms. The van der Waals surface area contributed by atoms with Crippen molar-refractivity contribution in [1.29, 1.82) is 5.26 Å². The second-order valence-corrected chi connectivity index (χ2v) is 2.84. The van der Waals surface area contributed by atoms with Crippen LogP contribution in [-0.2, 0) is 0 Å². The lowest BCUT2D eigenvalue weighted by Gasteiger charge is -1.98. The third-order valence-electron chi connectivity index (χ3n) is 1.30. The summed E-state index contributed by atoms with van der Waals surface area (Å²) in [5.41, 5.74) is 0.525. The van der Waals surface area contributed by atoms with Gasteiger partial charge >= 0.3 is 0 Å². The largest absolute Gasteiger partial charge is 0.508 e. The summed E-state index contributed by atoms with van der Waals surface area (Å²) in [6.07, 6.45) is 1.90. The van der Waals surface area contributed by atoms with Gasteiger partial charge in [0.15, 0.2) is 0 Å². The summed E-state index contributed by atoms with van der Waals surface area (Å²) in [4.78, 5) is 0.894. The molecule has 0 aliphatic rings. The number of benzene rings is 1. The van der Waals surface area contributed by atoms with Crippen molar-refractivity contribution in [1.82, 2.24) is 0 Å². The van der Waals surface area contributed by atoms with E-state index >= 15 is 0 Å². The van der Waals surface area contributed by atoms with Gasteiger partial charge in [0.1, 0.15) is 11.8 Å². The van der Waals surface area contributed by atoms with Gasteiger partial charge in [0, 0.05) is 4.90 Å². The molecule has 0 fully saturated rings. The molecule has 3 heteroatoms. The summed E-state index contributed by atoms with van der Waals surface area (Å²) < 4.78 is 0. The molecule has 1 aromatic carbocycles. The fourth-order valence-corrected chi connectivity index (χ4v) is 1.31. The summed E-state index contributed by atoms with van der Waals surface area (Å²) in [7, 11) is 0. The molecule has 1 rings (SSSR count). The van der Waals surface area contributed by atoms with Gasteiger partial charge in [-0.1, -0.05) is 0 Å². The van der Waals surface area contributed by atoms with Crippen molar-refractivity contribution in [2.75, 3.05) is 6.26 Å². The van der Waals surface area contributed by atoms with Gasteiger partial charge in [0.05, 0.1) is 5.56 Å². The highest BCUT2D eigenvalue weighted by Gasteiger charge is 2.00. The fraction of sp³-hybridized carbons (Fsp3) is 0.125. The van der Waals surface area contributed by atoms with Crippen LogP contribution >= 0.6 is 11.8 Å². The Kier molecular flexibility index (Phi) is 2.40. The van der Waals surface area contributed by atoms with Gasteiger partial charge in [-0.2, -0.15) is 5.26 Å². The Hall–Kier alpha value is -1.14. The van der Waals surface area contributed by atoms with Crippen LogP contribution in [0.3, 0.4) is 0 Å². The lowest BCUT2D eigenvalue weighted by molar-refractivity contribution is 0.474. The number of thioether (sulfide) groups is 1. The molecule has 0 amide bonds. The number of nitriles is 1. The van der Waals surface area contributed by atoms with Crippen molar-refractivity contribution in [3.63, 3.8) is 0 Å². The number of hydrogen-bond donors (Lipinski definition) is 1. The number of phenols is 1. The molecular formula is C8H7NOS. The summed E-state index contributed by atoms with van der Waals surface area (Å²) in [5, 5.41) is 17.6. The average molecular weight is 165 g/mol. The highest BCUT2D eigenvalue weighted by Crippen LogP contribution is 2.23. The molecule has 1 aromatic rings. The van der Waals surface area contributed by atoms with Gasteiger partial charge < -0.3 is 5.11 Å². The minimum atomic E-state index is 0.138. The topological polar surface area (TPSA) is 44.0 Å². The lowest BCUT2D eigenvalue weighted by atomic mass is 10.2. The van der Waals surface area contributed by atoms with Gasteiger partial charge in [-0.15, -0.1) is 11.8 Å². The van der Waals surface area contributed by atoms with Crippen molar-refractivity contribution in [2.24, 2.45) is 0 Å². The summed E-state index contributed by atoms with van der Waals surface area (Å²) >= 11 is 1.50. The summed E-state index contributed by atoms with van der Waals surface area (Å²) in [6.45, 7) is 0. The van der Waals surface area contributed by atoms with E-state index in [0.29, 0.717) is 5.56 Å². The SMILES string of the molecule is CSc1ccc(O)cc1C#N. The molecule has 56 valence electrons. The zero-order valence-corrected chi connectivity index (χ0v) is 6.85. The Labute approximate surface area is 69.5 Å². The second-order valence-electron chi connectivity index (χ2n) is 2.00.